The lowest BCUT2D eigenvalue weighted by Crippen LogP contribution is -2.39. The Labute approximate surface area is 89.7 Å². The number of nitrogens with two attached hydrogens (primary N) is 1. The van der Waals surface area contributed by atoms with Crippen LogP contribution in [-0.2, 0) is 0 Å². The van der Waals surface area contributed by atoms with Crippen LogP contribution in [0.3, 0.4) is 0 Å². The van der Waals surface area contributed by atoms with E-state index in [1.807, 2.05) is 11.3 Å². The van der Waals surface area contributed by atoms with Gasteiger partial charge in [0.1, 0.15) is 0 Å². The lowest BCUT2D eigenvalue weighted by molar-refractivity contribution is 0.249. The van der Waals surface area contributed by atoms with E-state index in [4.69, 9.17) is 5.73 Å². The standard InChI is InChI=1S/C11H18N2S/c1-8-4-7-14-9(8)10(13(2)3)11(12)5-6-11/h4,7,10H,5-6,12H2,1-3H3. The molecule has 14 heavy (non-hydrogen) atoms. The maximum Gasteiger partial charge on any atom is 0.0620 e. The zero-order chi connectivity index (χ0) is 10.3. The van der Waals surface area contributed by atoms with Crippen molar-refractivity contribution >= 4 is 11.3 Å². The Morgan fingerprint density at radius 2 is 2.14 bits per heavy atom. The highest BCUT2D eigenvalue weighted by Crippen LogP contribution is 2.47. The van der Waals surface area contributed by atoms with Gasteiger partial charge in [-0.1, -0.05) is 0 Å². The van der Waals surface area contributed by atoms with E-state index in [0.29, 0.717) is 6.04 Å². The molecule has 2 rings (SSSR count). The quantitative estimate of drug-likeness (QED) is 0.828. The van der Waals surface area contributed by atoms with Crippen LogP contribution in [0.4, 0.5) is 0 Å². The van der Waals surface area contributed by atoms with Crippen LogP contribution in [0.5, 0.6) is 0 Å². The molecule has 1 unspecified atom stereocenters. The Balaban J connectivity index is 2.32. The predicted molar refractivity (Wildman–Crippen MR) is 61.6 cm³/mol. The zero-order valence-electron chi connectivity index (χ0n) is 9.08. The number of aryl methyl sites for hydroxylation is 1. The van der Waals surface area contributed by atoms with Crippen LogP contribution < -0.4 is 5.73 Å². The summed E-state index contributed by atoms with van der Waals surface area (Å²) in [5.41, 5.74) is 7.74. The third kappa shape index (κ3) is 1.60. The molecule has 1 aliphatic rings. The summed E-state index contributed by atoms with van der Waals surface area (Å²) in [7, 11) is 4.24. The first-order valence-corrected chi connectivity index (χ1v) is 5.92. The van der Waals surface area contributed by atoms with Crippen LogP contribution in [0.25, 0.3) is 0 Å². The summed E-state index contributed by atoms with van der Waals surface area (Å²) >= 11 is 1.83. The van der Waals surface area contributed by atoms with Crippen molar-refractivity contribution in [2.45, 2.75) is 31.3 Å². The van der Waals surface area contributed by atoms with Crippen molar-refractivity contribution in [1.82, 2.24) is 4.90 Å². The van der Waals surface area contributed by atoms with E-state index in [1.165, 1.54) is 10.4 Å². The van der Waals surface area contributed by atoms with Crippen molar-refractivity contribution in [2.75, 3.05) is 14.1 Å². The molecule has 78 valence electrons. The highest BCUT2D eigenvalue weighted by atomic mass is 32.1. The number of thiophene rings is 1. The molecule has 0 aliphatic heterocycles. The second-order valence-electron chi connectivity index (χ2n) is 4.57. The SMILES string of the molecule is Cc1ccsc1C(N(C)C)C1(N)CC1. The Kier molecular flexibility index (Phi) is 2.41. The minimum atomic E-state index is 0.0408. The van der Waals surface area contributed by atoms with Crippen molar-refractivity contribution in [3.05, 3.63) is 21.9 Å². The molecule has 1 atom stereocenters. The fourth-order valence-corrected chi connectivity index (χ4v) is 3.34. The summed E-state index contributed by atoms with van der Waals surface area (Å²) in [6.45, 7) is 2.17. The van der Waals surface area contributed by atoms with Crippen LogP contribution in [0.1, 0.15) is 29.3 Å². The summed E-state index contributed by atoms with van der Waals surface area (Å²) < 4.78 is 0. The summed E-state index contributed by atoms with van der Waals surface area (Å²) in [5.74, 6) is 0. The molecule has 0 aromatic carbocycles. The zero-order valence-corrected chi connectivity index (χ0v) is 9.90. The topological polar surface area (TPSA) is 29.3 Å². The Hall–Kier alpha value is -0.380. The summed E-state index contributed by atoms with van der Waals surface area (Å²) in [6, 6.07) is 2.59. The van der Waals surface area contributed by atoms with Crippen LogP contribution in [0.2, 0.25) is 0 Å². The van der Waals surface area contributed by atoms with Crippen molar-refractivity contribution < 1.29 is 0 Å². The molecule has 2 N–H and O–H groups in total. The van der Waals surface area contributed by atoms with Gasteiger partial charge in [0.05, 0.1) is 6.04 Å². The van der Waals surface area contributed by atoms with Gasteiger partial charge in [-0.15, -0.1) is 11.3 Å². The molecule has 0 spiro atoms. The van der Waals surface area contributed by atoms with Crippen LogP contribution in [0, 0.1) is 6.92 Å². The minimum absolute atomic E-state index is 0.0408. The van der Waals surface area contributed by atoms with Crippen LogP contribution in [0.15, 0.2) is 11.4 Å². The van der Waals surface area contributed by atoms with Gasteiger partial charge in [-0.3, -0.25) is 0 Å². The van der Waals surface area contributed by atoms with Crippen LogP contribution >= 0.6 is 11.3 Å². The molecule has 0 radical (unpaired) electrons. The van der Waals surface area contributed by atoms with Crippen molar-refractivity contribution in [3.63, 3.8) is 0 Å². The van der Waals surface area contributed by atoms with Crippen LogP contribution in [-0.4, -0.2) is 24.5 Å². The molecule has 1 aliphatic carbocycles. The number of hydrogen-bond donors (Lipinski definition) is 1. The molecule has 0 bridgehead atoms. The van der Waals surface area contributed by atoms with E-state index in [9.17, 15) is 0 Å². The Morgan fingerprint density at radius 1 is 1.50 bits per heavy atom. The smallest absolute Gasteiger partial charge is 0.0620 e. The van der Waals surface area contributed by atoms with Crippen molar-refractivity contribution in [3.8, 4) is 0 Å². The number of nitrogens with zero attached hydrogens (tertiary/aromatic N) is 1. The highest BCUT2D eigenvalue weighted by molar-refractivity contribution is 7.10. The first-order chi connectivity index (χ1) is 6.54. The molecule has 2 nitrogen and oxygen atoms in total. The second kappa shape index (κ2) is 3.33. The normalized spacial score (nSPS) is 21.2. The second-order valence-corrected chi connectivity index (χ2v) is 5.51. The fourth-order valence-electron chi connectivity index (χ4n) is 2.09. The van der Waals surface area contributed by atoms with Gasteiger partial charge in [0.15, 0.2) is 0 Å². The predicted octanol–water partition coefficient (Wildman–Crippen LogP) is 2.15. The van der Waals surface area contributed by atoms with Gasteiger partial charge >= 0.3 is 0 Å². The lowest BCUT2D eigenvalue weighted by Gasteiger charge is -2.29. The molecule has 0 amide bonds. The molecule has 1 aromatic heterocycles. The van der Waals surface area contributed by atoms with E-state index < -0.39 is 0 Å². The Bertz CT molecular complexity index is 326. The summed E-state index contributed by atoms with van der Waals surface area (Å²) in [6.07, 6.45) is 2.32. The largest absolute Gasteiger partial charge is 0.323 e. The van der Waals surface area contributed by atoms with E-state index >= 15 is 0 Å². The average molecular weight is 210 g/mol. The van der Waals surface area contributed by atoms with Gasteiger partial charge in [0.2, 0.25) is 0 Å². The molecule has 1 heterocycles. The average Bonchev–Trinajstić information content (AvgIpc) is 2.68. The first-order valence-electron chi connectivity index (χ1n) is 5.04. The maximum atomic E-state index is 6.32. The molecule has 1 aromatic rings. The molecule has 3 heteroatoms. The molecular formula is C11H18N2S. The van der Waals surface area contributed by atoms with Gasteiger partial charge in [0, 0.05) is 10.4 Å². The Morgan fingerprint density at radius 3 is 2.50 bits per heavy atom. The van der Waals surface area contributed by atoms with E-state index in [0.717, 1.165) is 12.8 Å². The minimum Gasteiger partial charge on any atom is -0.323 e. The van der Waals surface area contributed by atoms with Crippen molar-refractivity contribution in [2.24, 2.45) is 5.73 Å². The van der Waals surface area contributed by atoms with Gasteiger partial charge in [-0.05, 0) is 50.9 Å². The summed E-state index contributed by atoms with van der Waals surface area (Å²) in [5, 5.41) is 2.16. The first kappa shape index (κ1) is 10.1. The third-order valence-electron chi connectivity index (χ3n) is 3.04. The molecule has 1 saturated carbocycles. The van der Waals surface area contributed by atoms with Gasteiger partial charge in [-0.25, -0.2) is 0 Å². The molecular weight excluding hydrogens is 192 g/mol. The molecule has 0 saturated heterocycles. The van der Waals surface area contributed by atoms with E-state index in [-0.39, 0.29) is 5.54 Å². The number of rotatable bonds is 3. The van der Waals surface area contributed by atoms with Gasteiger partial charge < -0.3 is 10.6 Å². The van der Waals surface area contributed by atoms with E-state index in [2.05, 4.69) is 37.4 Å². The van der Waals surface area contributed by atoms with Crippen molar-refractivity contribution in [1.29, 1.82) is 0 Å². The summed E-state index contributed by atoms with van der Waals surface area (Å²) in [4.78, 5) is 3.70. The fraction of sp³-hybridized carbons (Fsp3) is 0.636. The highest BCUT2D eigenvalue weighted by Gasteiger charge is 2.48. The number of likely N-dealkylation sites (N-methyl/N-ethyl adjacent to an activating group) is 1. The maximum absolute atomic E-state index is 6.32. The number of hydrogen-bond acceptors (Lipinski definition) is 3. The lowest BCUT2D eigenvalue weighted by atomic mass is 10.0. The third-order valence-corrected chi connectivity index (χ3v) is 4.11. The monoisotopic (exact) mass is 210 g/mol. The van der Waals surface area contributed by atoms with Gasteiger partial charge in [0.25, 0.3) is 0 Å². The van der Waals surface area contributed by atoms with E-state index in [1.54, 1.807) is 0 Å². The molecule has 1 fully saturated rings. The van der Waals surface area contributed by atoms with Gasteiger partial charge in [-0.2, -0.15) is 0 Å².